The first kappa shape index (κ1) is 15.1. The Kier molecular flexibility index (Phi) is 4.63. The van der Waals surface area contributed by atoms with Gasteiger partial charge in [-0.1, -0.05) is 0 Å². The van der Waals surface area contributed by atoms with E-state index in [-0.39, 0.29) is 12.5 Å². The number of alkyl halides is 3. The normalized spacial score (nSPS) is 11.2. The highest BCUT2D eigenvalue weighted by Gasteiger charge is 2.27. The van der Waals surface area contributed by atoms with Gasteiger partial charge in [-0.2, -0.15) is 13.2 Å². The third kappa shape index (κ3) is 4.35. The van der Waals surface area contributed by atoms with Crippen LogP contribution in [0.2, 0.25) is 0 Å². The molecule has 0 aliphatic rings. The van der Waals surface area contributed by atoms with Crippen molar-refractivity contribution in [2.75, 3.05) is 31.3 Å². The van der Waals surface area contributed by atoms with Gasteiger partial charge >= 0.3 is 6.18 Å². The van der Waals surface area contributed by atoms with E-state index in [9.17, 15) is 18.0 Å². The van der Waals surface area contributed by atoms with Crippen molar-refractivity contribution in [1.82, 2.24) is 5.32 Å². The van der Waals surface area contributed by atoms with Gasteiger partial charge in [-0.25, -0.2) is 0 Å². The largest absolute Gasteiger partial charge is 0.397 e. The van der Waals surface area contributed by atoms with Crippen molar-refractivity contribution < 1.29 is 18.0 Å². The first-order valence-corrected chi connectivity index (χ1v) is 5.64. The molecule has 0 bridgehead atoms. The van der Waals surface area contributed by atoms with Crippen LogP contribution in [0.4, 0.5) is 24.5 Å². The molecule has 4 nitrogen and oxygen atoms in total. The maximum atomic E-state index is 12.2. The maximum absolute atomic E-state index is 12.2. The summed E-state index contributed by atoms with van der Waals surface area (Å²) in [5, 5.41) is 2.44. The molecule has 1 aromatic carbocycles. The van der Waals surface area contributed by atoms with Crippen LogP contribution in [0, 0.1) is 0 Å². The second-order valence-electron chi connectivity index (χ2n) is 4.14. The summed E-state index contributed by atoms with van der Waals surface area (Å²) >= 11 is 0. The van der Waals surface area contributed by atoms with Gasteiger partial charge in [-0.3, -0.25) is 4.79 Å². The van der Waals surface area contributed by atoms with Gasteiger partial charge in [0.2, 0.25) is 0 Å². The van der Waals surface area contributed by atoms with E-state index in [1.165, 1.54) is 37.2 Å². The summed E-state index contributed by atoms with van der Waals surface area (Å²) in [6.07, 6.45) is -5.16. The second kappa shape index (κ2) is 5.81. The van der Waals surface area contributed by atoms with Crippen molar-refractivity contribution in [2.24, 2.45) is 0 Å². The van der Waals surface area contributed by atoms with E-state index in [2.05, 4.69) is 5.32 Å². The fourth-order valence-corrected chi connectivity index (χ4v) is 1.57. The minimum Gasteiger partial charge on any atom is -0.397 e. The zero-order valence-electron chi connectivity index (χ0n) is 10.7. The number of anilines is 2. The molecule has 106 valence electrons. The molecule has 0 fully saturated rings. The molecular weight excluding hydrogens is 259 g/mol. The number of carbonyl (C=O) groups is 1. The minimum absolute atomic E-state index is 0.217. The number of carbonyl (C=O) groups excluding carboxylic acids is 1. The van der Waals surface area contributed by atoms with Gasteiger partial charge in [-0.05, 0) is 18.2 Å². The van der Waals surface area contributed by atoms with E-state index in [1.54, 1.807) is 0 Å². The molecule has 7 heteroatoms. The molecule has 0 aliphatic carbocycles. The third-order valence-corrected chi connectivity index (χ3v) is 2.66. The number of amides is 1. The standard InChI is InChI=1S/C12H16F3N3O/c1-17-11(19)8-3-4-9(16)10(7-8)18(2)6-5-12(13,14)15/h3-4,7H,5-6,16H2,1-2H3,(H,17,19). The number of nitrogens with two attached hydrogens (primary N) is 1. The lowest BCUT2D eigenvalue weighted by Gasteiger charge is -2.22. The highest BCUT2D eigenvalue weighted by Crippen LogP contribution is 2.26. The van der Waals surface area contributed by atoms with Gasteiger partial charge in [0, 0.05) is 26.2 Å². The van der Waals surface area contributed by atoms with Crippen molar-refractivity contribution in [1.29, 1.82) is 0 Å². The number of halogens is 3. The van der Waals surface area contributed by atoms with E-state index in [1.807, 2.05) is 0 Å². The van der Waals surface area contributed by atoms with E-state index < -0.39 is 12.6 Å². The number of benzene rings is 1. The lowest BCUT2D eigenvalue weighted by atomic mass is 10.1. The molecule has 0 radical (unpaired) electrons. The topological polar surface area (TPSA) is 58.4 Å². The lowest BCUT2D eigenvalue weighted by Crippen LogP contribution is -2.25. The molecule has 0 spiro atoms. The number of nitrogens with zero attached hydrogens (tertiary/aromatic N) is 1. The number of rotatable bonds is 4. The summed E-state index contributed by atoms with van der Waals surface area (Å²) in [6.45, 7) is -0.217. The smallest absolute Gasteiger partial charge is 0.390 e. The predicted molar refractivity (Wildman–Crippen MR) is 68.2 cm³/mol. The van der Waals surface area contributed by atoms with Crippen molar-refractivity contribution in [3.63, 3.8) is 0 Å². The number of nitrogens with one attached hydrogen (secondary N) is 1. The molecule has 0 saturated carbocycles. The van der Waals surface area contributed by atoms with Crippen LogP contribution in [0.3, 0.4) is 0 Å². The Morgan fingerprint density at radius 2 is 2.05 bits per heavy atom. The van der Waals surface area contributed by atoms with Gasteiger partial charge in [0.25, 0.3) is 5.91 Å². The molecule has 19 heavy (non-hydrogen) atoms. The van der Waals surface area contributed by atoms with Gasteiger partial charge in [-0.15, -0.1) is 0 Å². The minimum atomic E-state index is -4.22. The number of nitrogen functional groups attached to an aromatic ring is 1. The Balaban J connectivity index is 2.89. The zero-order valence-corrected chi connectivity index (χ0v) is 10.7. The molecular formula is C12H16F3N3O. The summed E-state index contributed by atoms with van der Waals surface area (Å²) in [6, 6.07) is 4.50. The first-order valence-electron chi connectivity index (χ1n) is 5.64. The average molecular weight is 275 g/mol. The molecule has 0 aromatic heterocycles. The van der Waals surface area contributed by atoms with Gasteiger partial charge < -0.3 is 16.0 Å². The Morgan fingerprint density at radius 1 is 1.42 bits per heavy atom. The number of hydrogen-bond donors (Lipinski definition) is 2. The Labute approximate surface area is 109 Å². The first-order chi connectivity index (χ1) is 8.74. The monoisotopic (exact) mass is 275 g/mol. The summed E-state index contributed by atoms with van der Waals surface area (Å²) in [5.41, 5.74) is 6.81. The summed E-state index contributed by atoms with van der Waals surface area (Å²) in [5.74, 6) is -0.314. The summed E-state index contributed by atoms with van der Waals surface area (Å²) in [4.78, 5) is 12.9. The van der Waals surface area contributed by atoms with Crippen LogP contribution in [0.1, 0.15) is 16.8 Å². The molecule has 0 saturated heterocycles. The molecule has 0 aliphatic heterocycles. The number of hydrogen-bond acceptors (Lipinski definition) is 3. The summed E-state index contributed by atoms with van der Waals surface area (Å²) in [7, 11) is 2.98. The average Bonchev–Trinajstić information content (AvgIpc) is 2.34. The van der Waals surface area contributed by atoms with Crippen molar-refractivity contribution in [3.8, 4) is 0 Å². The molecule has 0 unspecified atom stereocenters. The second-order valence-corrected chi connectivity index (χ2v) is 4.14. The van der Waals surface area contributed by atoms with Gasteiger partial charge in [0.1, 0.15) is 0 Å². The van der Waals surface area contributed by atoms with E-state index in [4.69, 9.17) is 5.73 Å². The highest BCUT2D eigenvalue weighted by atomic mass is 19.4. The Bertz CT molecular complexity index is 460. The Morgan fingerprint density at radius 3 is 2.58 bits per heavy atom. The van der Waals surface area contributed by atoms with Crippen LogP contribution in [0.5, 0.6) is 0 Å². The third-order valence-electron chi connectivity index (χ3n) is 2.66. The van der Waals surface area contributed by atoms with Crippen molar-refractivity contribution >= 4 is 17.3 Å². The van der Waals surface area contributed by atoms with Gasteiger partial charge in [0.15, 0.2) is 0 Å². The quantitative estimate of drug-likeness (QED) is 0.826. The molecule has 1 aromatic rings. The van der Waals surface area contributed by atoms with Crippen LogP contribution >= 0.6 is 0 Å². The lowest BCUT2D eigenvalue weighted by molar-refractivity contribution is -0.132. The molecule has 1 amide bonds. The van der Waals surface area contributed by atoms with E-state index >= 15 is 0 Å². The maximum Gasteiger partial charge on any atom is 0.390 e. The van der Waals surface area contributed by atoms with Crippen molar-refractivity contribution in [2.45, 2.75) is 12.6 Å². The molecule has 3 N–H and O–H groups in total. The molecule has 0 heterocycles. The fraction of sp³-hybridized carbons (Fsp3) is 0.417. The van der Waals surface area contributed by atoms with Crippen LogP contribution < -0.4 is 16.0 Å². The van der Waals surface area contributed by atoms with Crippen LogP contribution in [-0.2, 0) is 0 Å². The SMILES string of the molecule is CNC(=O)c1ccc(N)c(N(C)CCC(F)(F)F)c1. The zero-order chi connectivity index (χ0) is 14.6. The van der Waals surface area contributed by atoms with Crippen LogP contribution in [0.25, 0.3) is 0 Å². The molecule has 0 atom stereocenters. The van der Waals surface area contributed by atoms with Crippen LogP contribution in [0.15, 0.2) is 18.2 Å². The van der Waals surface area contributed by atoms with E-state index in [0.717, 1.165) is 0 Å². The predicted octanol–water partition coefficient (Wildman–Crippen LogP) is 2.02. The Hall–Kier alpha value is -1.92. The van der Waals surface area contributed by atoms with Crippen LogP contribution in [-0.4, -0.2) is 32.7 Å². The van der Waals surface area contributed by atoms with Crippen molar-refractivity contribution in [3.05, 3.63) is 23.8 Å². The molecule has 1 rings (SSSR count). The van der Waals surface area contributed by atoms with E-state index in [0.29, 0.717) is 16.9 Å². The van der Waals surface area contributed by atoms with Gasteiger partial charge in [0.05, 0.1) is 17.8 Å². The highest BCUT2D eigenvalue weighted by molar-refractivity contribution is 5.96. The summed E-state index contributed by atoms with van der Waals surface area (Å²) < 4.78 is 36.5. The fourth-order valence-electron chi connectivity index (χ4n) is 1.57.